The van der Waals surface area contributed by atoms with Crippen LogP contribution in [0.25, 0.3) is 0 Å². The predicted octanol–water partition coefficient (Wildman–Crippen LogP) is 2.03. The van der Waals surface area contributed by atoms with Crippen molar-refractivity contribution in [2.24, 2.45) is 0 Å². The number of benzene rings is 1. The van der Waals surface area contributed by atoms with Crippen LogP contribution in [-0.4, -0.2) is 23.8 Å². The van der Waals surface area contributed by atoms with E-state index in [1.807, 2.05) is 0 Å². The molecule has 0 saturated carbocycles. The van der Waals surface area contributed by atoms with Gasteiger partial charge in [0.25, 0.3) is 0 Å². The lowest BCUT2D eigenvalue weighted by Crippen LogP contribution is -2.36. The number of anilines is 1. The first-order chi connectivity index (χ1) is 8.04. The Morgan fingerprint density at radius 1 is 1.53 bits per heavy atom. The SMILES string of the molecule is Cc1c(F)cccc1NC(=O)N[C@H](C)CCO. The highest BCUT2D eigenvalue weighted by Gasteiger charge is 2.09. The summed E-state index contributed by atoms with van der Waals surface area (Å²) < 4.78 is 13.2. The van der Waals surface area contributed by atoms with E-state index >= 15 is 0 Å². The zero-order chi connectivity index (χ0) is 12.8. The molecule has 0 heterocycles. The third-order valence-corrected chi connectivity index (χ3v) is 2.46. The maximum Gasteiger partial charge on any atom is 0.319 e. The molecule has 0 aromatic heterocycles. The standard InChI is InChI=1S/C12H17FN2O2/c1-8(6-7-16)14-12(17)15-11-5-3-4-10(13)9(11)2/h3-5,8,16H,6-7H2,1-2H3,(H2,14,15,17)/t8-/m1/s1. The van der Waals surface area contributed by atoms with Crippen LogP contribution < -0.4 is 10.6 Å². The third kappa shape index (κ3) is 4.03. The molecule has 0 aliphatic carbocycles. The Bertz CT molecular complexity index is 396. The average molecular weight is 240 g/mol. The van der Waals surface area contributed by atoms with Gasteiger partial charge in [0.05, 0.1) is 0 Å². The number of aliphatic hydroxyl groups excluding tert-OH is 1. The first-order valence-corrected chi connectivity index (χ1v) is 5.48. The lowest BCUT2D eigenvalue weighted by molar-refractivity contribution is 0.241. The first kappa shape index (κ1) is 13.4. The maximum absolute atomic E-state index is 13.2. The molecule has 1 atom stereocenters. The van der Waals surface area contributed by atoms with Gasteiger partial charge >= 0.3 is 6.03 Å². The summed E-state index contributed by atoms with van der Waals surface area (Å²) >= 11 is 0. The van der Waals surface area contributed by atoms with Gasteiger partial charge in [0.15, 0.2) is 0 Å². The summed E-state index contributed by atoms with van der Waals surface area (Å²) in [5, 5.41) is 13.9. The smallest absolute Gasteiger partial charge is 0.319 e. The molecule has 0 unspecified atom stereocenters. The summed E-state index contributed by atoms with van der Waals surface area (Å²) in [6.45, 7) is 3.40. The van der Waals surface area contributed by atoms with Gasteiger partial charge in [0.1, 0.15) is 5.82 Å². The molecule has 0 spiro atoms. The highest BCUT2D eigenvalue weighted by atomic mass is 19.1. The van der Waals surface area contributed by atoms with Crippen LogP contribution in [0.2, 0.25) is 0 Å². The molecule has 0 saturated heterocycles. The van der Waals surface area contributed by atoms with Crippen LogP contribution in [-0.2, 0) is 0 Å². The Hall–Kier alpha value is -1.62. The Morgan fingerprint density at radius 2 is 2.24 bits per heavy atom. The predicted molar refractivity (Wildman–Crippen MR) is 64.5 cm³/mol. The summed E-state index contributed by atoms with van der Waals surface area (Å²) in [6, 6.07) is 3.98. The van der Waals surface area contributed by atoms with Gasteiger partial charge in [-0.1, -0.05) is 6.07 Å². The van der Waals surface area contributed by atoms with Crippen LogP contribution in [0.4, 0.5) is 14.9 Å². The summed E-state index contributed by atoms with van der Waals surface area (Å²) in [6.07, 6.45) is 0.482. The van der Waals surface area contributed by atoms with Gasteiger partial charge in [-0.3, -0.25) is 0 Å². The zero-order valence-corrected chi connectivity index (χ0v) is 9.96. The molecule has 5 heteroatoms. The number of rotatable bonds is 4. The van der Waals surface area contributed by atoms with Gasteiger partial charge in [-0.15, -0.1) is 0 Å². The van der Waals surface area contributed by atoms with Gasteiger partial charge in [-0.25, -0.2) is 9.18 Å². The summed E-state index contributed by atoms with van der Waals surface area (Å²) in [5.74, 6) is -0.355. The van der Waals surface area contributed by atoms with Crippen molar-refractivity contribution >= 4 is 11.7 Å². The number of amides is 2. The van der Waals surface area contributed by atoms with E-state index in [-0.39, 0.29) is 18.5 Å². The van der Waals surface area contributed by atoms with Crippen molar-refractivity contribution in [3.05, 3.63) is 29.6 Å². The second kappa shape index (κ2) is 6.20. The van der Waals surface area contributed by atoms with Crippen molar-refractivity contribution in [2.45, 2.75) is 26.3 Å². The van der Waals surface area contributed by atoms with Crippen molar-refractivity contribution in [2.75, 3.05) is 11.9 Å². The number of halogens is 1. The fraction of sp³-hybridized carbons (Fsp3) is 0.417. The summed E-state index contributed by atoms with van der Waals surface area (Å²) in [4.78, 5) is 11.5. The van der Waals surface area contributed by atoms with Gasteiger partial charge in [0.2, 0.25) is 0 Å². The molecule has 2 amide bonds. The topological polar surface area (TPSA) is 61.4 Å². The molecular formula is C12H17FN2O2. The van der Waals surface area contributed by atoms with E-state index in [4.69, 9.17) is 5.11 Å². The highest BCUT2D eigenvalue weighted by Crippen LogP contribution is 2.17. The van der Waals surface area contributed by atoms with Crippen molar-refractivity contribution in [3.8, 4) is 0 Å². The van der Waals surface area contributed by atoms with E-state index in [2.05, 4.69) is 10.6 Å². The fourth-order valence-electron chi connectivity index (χ4n) is 1.39. The van der Waals surface area contributed by atoms with E-state index in [9.17, 15) is 9.18 Å². The molecule has 0 bridgehead atoms. The van der Waals surface area contributed by atoms with Crippen LogP contribution in [0.3, 0.4) is 0 Å². The number of hydrogen-bond donors (Lipinski definition) is 3. The van der Waals surface area contributed by atoms with Crippen LogP contribution in [0, 0.1) is 12.7 Å². The molecule has 1 aromatic carbocycles. The molecule has 94 valence electrons. The molecule has 17 heavy (non-hydrogen) atoms. The molecule has 1 rings (SSSR count). The second-order valence-electron chi connectivity index (χ2n) is 3.92. The van der Waals surface area contributed by atoms with Crippen molar-refractivity contribution in [1.82, 2.24) is 5.32 Å². The van der Waals surface area contributed by atoms with E-state index in [0.29, 0.717) is 17.7 Å². The van der Waals surface area contributed by atoms with Crippen molar-refractivity contribution < 1.29 is 14.3 Å². The fourth-order valence-corrected chi connectivity index (χ4v) is 1.39. The first-order valence-electron chi connectivity index (χ1n) is 5.48. The van der Waals surface area contributed by atoms with Crippen LogP contribution >= 0.6 is 0 Å². The Balaban J connectivity index is 2.59. The maximum atomic E-state index is 13.2. The van der Waals surface area contributed by atoms with Gasteiger partial charge in [0, 0.05) is 23.9 Å². The van der Waals surface area contributed by atoms with E-state index in [1.165, 1.54) is 12.1 Å². The van der Waals surface area contributed by atoms with Gasteiger partial charge < -0.3 is 15.7 Å². The molecule has 1 aromatic rings. The summed E-state index contributed by atoms with van der Waals surface area (Å²) in [7, 11) is 0. The van der Waals surface area contributed by atoms with E-state index in [0.717, 1.165) is 0 Å². The third-order valence-electron chi connectivity index (χ3n) is 2.46. The minimum atomic E-state index is -0.403. The lowest BCUT2D eigenvalue weighted by Gasteiger charge is -2.14. The molecule has 4 nitrogen and oxygen atoms in total. The molecule has 0 aliphatic rings. The monoisotopic (exact) mass is 240 g/mol. The number of hydrogen-bond acceptors (Lipinski definition) is 2. The van der Waals surface area contributed by atoms with Crippen LogP contribution in [0.15, 0.2) is 18.2 Å². The lowest BCUT2D eigenvalue weighted by atomic mass is 10.2. The van der Waals surface area contributed by atoms with Crippen LogP contribution in [0.1, 0.15) is 18.9 Å². The second-order valence-corrected chi connectivity index (χ2v) is 3.92. The number of urea groups is 1. The molecule has 0 fully saturated rings. The quantitative estimate of drug-likeness (QED) is 0.754. The number of carbonyl (C=O) groups is 1. The van der Waals surface area contributed by atoms with Crippen molar-refractivity contribution in [3.63, 3.8) is 0 Å². The summed E-state index contributed by atoms with van der Waals surface area (Å²) in [5.41, 5.74) is 0.844. The molecule has 3 N–H and O–H groups in total. The van der Waals surface area contributed by atoms with Gasteiger partial charge in [-0.05, 0) is 32.4 Å². The molecule has 0 radical (unpaired) electrons. The average Bonchev–Trinajstić information content (AvgIpc) is 2.25. The Kier molecular flexibility index (Phi) is 4.90. The number of nitrogens with one attached hydrogen (secondary N) is 2. The minimum Gasteiger partial charge on any atom is -0.396 e. The van der Waals surface area contributed by atoms with Crippen LogP contribution in [0.5, 0.6) is 0 Å². The minimum absolute atomic E-state index is 0.0143. The zero-order valence-electron chi connectivity index (χ0n) is 9.96. The van der Waals surface area contributed by atoms with E-state index in [1.54, 1.807) is 19.9 Å². The molecule has 0 aliphatic heterocycles. The van der Waals surface area contributed by atoms with Crippen molar-refractivity contribution in [1.29, 1.82) is 0 Å². The highest BCUT2D eigenvalue weighted by molar-refractivity contribution is 5.90. The molecular weight excluding hydrogens is 223 g/mol. The Labute approximate surface area is 99.8 Å². The number of carbonyl (C=O) groups excluding carboxylic acids is 1. The van der Waals surface area contributed by atoms with E-state index < -0.39 is 6.03 Å². The largest absolute Gasteiger partial charge is 0.396 e. The Morgan fingerprint density at radius 3 is 2.88 bits per heavy atom. The normalized spacial score (nSPS) is 12.0. The number of aliphatic hydroxyl groups is 1. The van der Waals surface area contributed by atoms with Gasteiger partial charge in [-0.2, -0.15) is 0 Å².